The molecule has 0 bridgehead atoms. The second kappa shape index (κ2) is 8.21. The zero-order valence-electron chi connectivity index (χ0n) is 13.5. The maximum absolute atomic E-state index is 11.9. The van der Waals surface area contributed by atoms with Crippen molar-refractivity contribution >= 4 is 23.4 Å². The molecule has 0 aliphatic carbocycles. The van der Waals surface area contributed by atoms with E-state index in [-0.39, 0.29) is 18.7 Å². The maximum Gasteiger partial charge on any atom is 0.269 e. The van der Waals surface area contributed by atoms with E-state index in [9.17, 15) is 9.59 Å². The molecule has 8 nitrogen and oxygen atoms in total. The average Bonchev–Trinajstić information content (AvgIpc) is 3.15. The van der Waals surface area contributed by atoms with Gasteiger partial charge in [-0.15, -0.1) is 0 Å². The lowest BCUT2D eigenvalue weighted by molar-refractivity contribution is -0.121. The lowest BCUT2D eigenvalue weighted by atomic mass is 10.2. The molecule has 2 heterocycles. The predicted octanol–water partition coefficient (Wildman–Crippen LogP) is 2.18. The summed E-state index contributed by atoms with van der Waals surface area (Å²) in [6.45, 7) is 0. The molecule has 1 aromatic carbocycles. The fourth-order valence-electron chi connectivity index (χ4n) is 2.05. The Morgan fingerprint density at radius 2 is 1.92 bits per heavy atom. The van der Waals surface area contributed by atoms with Crippen molar-refractivity contribution in [1.29, 1.82) is 0 Å². The van der Waals surface area contributed by atoms with E-state index in [4.69, 9.17) is 16.1 Å². The number of halogens is 1. The monoisotopic (exact) mass is 371 g/mol. The summed E-state index contributed by atoms with van der Waals surface area (Å²) in [6.07, 6.45) is 3.59. The zero-order chi connectivity index (χ0) is 18.4. The van der Waals surface area contributed by atoms with Gasteiger partial charge in [0, 0.05) is 41.4 Å². The van der Waals surface area contributed by atoms with Crippen molar-refractivity contribution in [2.75, 3.05) is 0 Å². The van der Waals surface area contributed by atoms with Crippen LogP contribution < -0.4 is 10.9 Å². The highest BCUT2D eigenvalue weighted by Gasteiger charge is 2.12. The van der Waals surface area contributed by atoms with Crippen LogP contribution in [-0.2, 0) is 11.2 Å². The van der Waals surface area contributed by atoms with Gasteiger partial charge in [-0.25, -0.2) is 0 Å². The first kappa shape index (κ1) is 17.6. The van der Waals surface area contributed by atoms with Gasteiger partial charge in [0.05, 0.1) is 0 Å². The number of carbonyl (C=O) groups excluding carboxylic acids is 2. The first-order valence-electron chi connectivity index (χ1n) is 7.69. The molecule has 2 amide bonds. The topological polar surface area (TPSA) is 110 Å². The Morgan fingerprint density at radius 1 is 1.12 bits per heavy atom. The number of aryl methyl sites for hydroxylation is 1. The third kappa shape index (κ3) is 4.64. The van der Waals surface area contributed by atoms with Gasteiger partial charge in [0.2, 0.25) is 17.6 Å². The van der Waals surface area contributed by atoms with E-state index in [0.29, 0.717) is 22.3 Å². The molecule has 3 aromatic rings. The molecule has 26 heavy (non-hydrogen) atoms. The summed E-state index contributed by atoms with van der Waals surface area (Å²) in [5.41, 5.74) is 5.77. The molecule has 2 aromatic heterocycles. The summed E-state index contributed by atoms with van der Waals surface area (Å²) in [7, 11) is 0. The van der Waals surface area contributed by atoms with Crippen LogP contribution in [0.4, 0.5) is 0 Å². The van der Waals surface area contributed by atoms with Crippen molar-refractivity contribution in [2.45, 2.75) is 12.8 Å². The van der Waals surface area contributed by atoms with Gasteiger partial charge in [0.15, 0.2) is 0 Å². The first-order valence-corrected chi connectivity index (χ1v) is 8.07. The van der Waals surface area contributed by atoms with Crippen LogP contribution in [0.25, 0.3) is 11.4 Å². The van der Waals surface area contributed by atoms with Crippen LogP contribution in [0.15, 0.2) is 53.3 Å². The lowest BCUT2D eigenvalue weighted by Crippen LogP contribution is -2.41. The fourth-order valence-corrected chi connectivity index (χ4v) is 2.18. The van der Waals surface area contributed by atoms with Crippen molar-refractivity contribution in [3.8, 4) is 11.4 Å². The number of hydrogen-bond donors (Lipinski definition) is 2. The Morgan fingerprint density at radius 3 is 2.65 bits per heavy atom. The number of hydrogen-bond acceptors (Lipinski definition) is 6. The molecule has 0 saturated heterocycles. The number of amides is 2. The molecule has 0 spiro atoms. The van der Waals surface area contributed by atoms with Crippen molar-refractivity contribution in [1.82, 2.24) is 26.0 Å². The molecule has 0 radical (unpaired) electrons. The number of nitrogens with one attached hydrogen (secondary N) is 2. The Kier molecular flexibility index (Phi) is 5.55. The Hall–Kier alpha value is -3.26. The highest BCUT2D eigenvalue weighted by atomic mass is 35.5. The van der Waals surface area contributed by atoms with E-state index in [1.54, 1.807) is 48.8 Å². The number of aromatic nitrogens is 3. The third-order valence-corrected chi connectivity index (χ3v) is 3.63. The Bertz CT molecular complexity index is 896. The molecule has 0 fully saturated rings. The van der Waals surface area contributed by atoms with Crippen LogP contribution in [0.5, 0.6) is 0 Å². The van der Waals surface area contributed by atoms with Gasteiger partial charge in [-0.2, -0.15) is 4.98 Å². The Balaban J connectivity index is 1.46. The number of hydrazine groups is 1. The summed E-state index contributed by atoms with van der Waals surface area (Å²) >= 11 is 5.76. The minimum Gasteiger partial charge on any atom is -0.339 e. The molecular weight excluding hydrogens is 358 g/mol. The van der Waals surface area contributed by atoms with Gasteiger partial charge in [0.25, 0.3) is 5.91 Å². The molecule has 0 unspecified atom stereocenters. The number of benzene rings is 1. The van der Waals surface area contributed by atoms with E-state index in [1.165, 1.54) is 0 Å². The van der Waals surface area contributed by atoms with E-state index < -0.39 is 5.91 Å². The quantitative estimate of drug-likeness (QED) is 0.665. The minimum absolute atomic E-state index is 0.0789. The molecule has 3 rings (SSSR count). The van der Waals surface area contributed by atoms with Gasteiger partial charge < -0.3 is 4.52 Å². The predicted molar refractivity (Wildman–Crippen MR) is 92.9 cm³/mol. The first-order chi connectivity index (χ1) is 12.6. The SMILES string of the molecule is O=C(CCc1nc(-c2cccnc2)no1)NNC(=O)c1ccc(Cl)cc1. The van der Waals surface area contributed by atoms with Gasteiger partial charge in [0.1, 0.15) is 0 Å². The summed E-state index contributed by atoms with van der Waals surface area (Å²) in [5, 5.41) is 4.37. The van der Waals surface area contributed by atoms with Crippen LogP contribution >= 0.6 is 11.6 Å². The van der Waals surface area contributed by atoms with Crippen LogP contribution in [-0.4, -0.2) is 26.9 Å². The number of nitrogens with zero attached hydrogens (tertiary/aromatic N) is 3. The maximum atomic E-state index is 11.9. The van der Waals surface area contributed by atoms with Crippen molar-refractivity contribution in [3.05, 3.63) is 65.3 Å². The summed E-state index contributed by atoms with van der Waals surface area (Å²) in [6, 6.07) is 9.87. The average molecular weight is 372 g/mol. The highest BCUT2D eigenvalue weighted by Crippen LogP contribution is 2.14. The zero-order valence-corrected chi connectivity index (χ0v) is 14.2. The van der Waals surface area contributed by atoms with Crippen molar-refractivity contribution in [3.63, 3.8) is 0 Å². The number of rotatable bonds is 5. The van der Waals surface area contributed by atoms with Crippen LogP contribution in [0.2, 0.25) is 5.02 Å². The van der Waals surface area contributed by atoms with E-state index in [1.807, 2.05) is 0 Å². The molecule has 0 atom stereocenters. The second-order valence-electron chi connectivity index (χ2n) is 5.26. The van der Waals surface area contributed by atoms with E-state index in [2.05, 4.69) is 26.0 Å². The summed E-state index contributed by atoms with van der Waals surface area (Å²) in [5.74, 6) is -0.0901. The second-order valence-corrected chi connectivity index (χ2v) is 5.70. The smallest absolute Gasteiger partial charge is 0.269 e. The largest absolute Gasteiger partial charge is 0.339 e. The van der Waals surface area contributed by atoms with Gasteiger partial charge in [-0.3, -0.25) is 25.4 Å². The molecule has 9 heteroatoms. The Labute approximate surface area is 153 Å². The summed E-state index contributed by atoms with van der Waals surface area (Å²) < 4.78 is 5.11. The molecule has 0 aliphatic rings. The van der Waals surface area contributed by atoms with Gasteiger partial charge in [-0.1, -0.05) is 16.8 Å². The van der Waals surface area contributed by atoms with Crippen LogP contribution in [0.1, 0.15) is 22.7 Å². The van der Waals surface area contributed by atoms with E-state index >= 15 is 0 Å². The van der Waals surface area contributed by atoms with E-state index in [0.717, 1.165) is 5.56 Å². The molecule has 2 N–H and O–H groups in total. The van der Waals surface area contributed by atoms with Crippen molar-refractivity contribution < 1.29 is 14.1 Å². The standard InChI is InChI=1S/C17H14ClN5O3/c18-13-5-3-11(4-6-13)17(25)22-21-14(24)7-8-15-20-16(23-26-15)12-2-1-9-19-10-12/h1-6,9-10H,7-8H2,(H,21,24)(H,22,25). The number of pyridine rings is 1. The van der Waals surface area contributed by atoms with Crippen LogP contribution in [0.3, 0.4) is 0 Å². The fraction of sp³-hybridized carbons (Fsp3) is 0.118. The lowest BCUT2D eigenvalue weighted by Gasteiger charge is -2.06. The highest BCUT2D eigenvalue weighted by molar-refractivity contribution is 6.30. The number of carbonyl (C=O) groups is 2. The molecular formula is C17H14ClN5O3. The van der Waals surface area contributed by atoms with Crippen LogP contribution in [0, 0.1) is 0 Å². The molecule has 132 valence electrons. The summed E-state index contributed by atoms with van der Waals surface area (Å²) in [4.78, 5) is 31.9. The normalized spacial score (nSPS) is 10.3. The molecule has 0 saturated carbocycles. The van der Waals surface area contributed by atoms with Gasteiger partial charge in [-0.05, 0) is 36.4 Å². The van der Waals surface area contributed by atoms with Gasteiger partial charge >= 0.3 is 0 Å². The third-order valence-electron chi connectivity index (χ3n) is 3.38. The molecule has 0 aliphatic heterocycles. The minimum atomic E-state index is -0.438. The van der Waals surface area contributed by atoms with Crippen molar-refractivity contribution in [2.24, 2.45) is 0 Å².